The van der Waals surface area contributed by atoms with Crippen LogP contribution in [0, 0.1) is 10.1 Å². The Hall–Kier alpha value is -2.70. The van der Waals surface area contributed by atoms with Gasteiger partial charge in [-0.25, -0.2) is 9.59 Å². The van der Waals surface area contributed by atoms with Crippen LogP contribution >= 0.6 is 0 Å². The number of ether oxygens (including phenoxy) is 2. The zero-order valence-corrected chi connectivity index (χ0v) is 11.7. The SMILES string of the molecule is COC(=O)/C=C(/CCc1ccccc1[N+](=O)[O-])C(=O)OC. The van der Waals surface area contributed by atoms with Gasteiger partial charge in [0.15, 0.2) is 0 Å². The van der Waals surface area contributed by atoms with Crippen LogP contribution < -0.4 is 0 Å². The summed E-state index contributed by atoms with van der Waals surface area (Å²) in [5.74, 6) is -1.35. The standard InChI is InChI=1S/C14H15NO6/c1-20-13(16)9-11(14(17)21-2)8-7-10-5-3-4-6-12(10)15(18)19/h3-6,9H,7-8H2,1-2H3/b11-9-. The van der Waals surface area contributed by atoms with Crippen molar-refractivity contribution in [1.29, 1.82) is 0 Å². The third-order valence-electron chi connectivity index (χ3n) is 2.79. The second kappa shape index (κ2) is 7.78. The van der Waals surface area contributed by atoms with Crippen LogP contribution in [0.15, 0.2) is 35.9 Å². The first-order chi connectivity index (χ1) is 9.99. The van der Waals surface area contributed by atoms with Crippen LogP contribution in [-0.4, -0.2) is 31.1 Å². The van der Waals surface area contributed by atoms with E-state index in [-0.39, 0.29) is 24.1 Å². The van der Waals surface area contributed by atoms with Crippen molar-refractivity contribution in [2.75, 3.05) is 14.2 Å². The highest BCUT2D eigenvalue weighted by Gasteiger charge is 2.16. The Morgan fingerprint density at radius 3 is 2.48 bits per heavy atom. The minimum atomic E-state index is -0.682. The second-order valence-electron chi connectivity index (χ2n) is 4.07. The number of nitro benzene ring substituents is 1. The van der Waals surface area contributed by atoms with Gasteiger partial charge in [0.1, 0.15) is 0 Å². The predicted molar refractivity (Wildman–Crippen MR) is 73.5 cm³/mol. The van der Waals surface area contributed by atoms with Crippen LogP contribution in [0.2, 0.25) is 0 Å². The van der Waals surface area contributed by atoms with E-state index in [9.17, 15) is 19.7 Å². The molecular formula is C14H15NO6. The molecule has 0 saturated heterocycles. The van der Waals surface area contributed by atoms with E-state index in [0.717, 1.165) is 6.08 Å². The maximum absolute atomic E-state index is 11.6. The molecule has 0 spiro atoms. The van der Waals surface area contributed by atoms with E-state index < -0.39 is 16.9 Å². The Bertz CT molecular complexity index is 579. The van der Waals surface area contributed by atoms with E-state index in [2.05, 4.69) is 9.47 Å². The van der Waals surface area contributed by atoms with Crippen molar-refractivity contribution in [2.45, 2.75) is 12.8 Å². The smallest absolute Gasteiger partial charge is 0.333 e. The van der Waals surface area contributed by atoms with Gasteiger partial charge in [0.2, 0.25) is 0 Å². The molecule has 0 aliphatic rings. The zero-order valence-electron chi connectivity index (χ0n) is 11.7. The number of nitro groups is 1. The van der Waals surface area contributed by atoms with Gasteiger partial charge in [0.05, 0.1) is 19.1 Å². The lowest BCUT2D eigenvalue weighted by Gasteiger charge is -2.06. The van der Waals surface area contributed by atoms with Gasteiger partial charge in [-0.2, -0.15) is 0 Å². The number of para-hydroxylation sites is 1. The summed E-state index contributed by atoms with van der Waals surface area (Å²) in [6.07, 6.45) is 1.39. The minimum Gasteiger partial charge on any atom is -0.466 e. The predicted octanol–water partition coefficient (Wildman–Crippen LogP) is 1.80. The molecule has 0 aliphatic carbocycles. The highest BCUT2D eigenvalue weighted by Crippen LogP contribution is 2.21. The second-order valence-corrected chi connectivity index (χ2v) is 4.07. The number of carbonyl (C=O) groups excluding carboxylic acids is 2. The van der Waals surface area contributed by atoms with Gasteiger partial charge in [-0.3, -0.25) is 10.1 Å². The zero-order chi connectivity index (χ0) is 15.8. The molecule has 0 aliphatic heterocycles. The third kappa shape index (κ3) is 4.72. The molecule has 0 bridgehead atoms. The highest BCUT2D eigenvalue weighted by atomic mass is 16.6. The van der Waals surface area contributed by atoms with Gasteiger partial charge in [0.25, 0.3) is 5.69 Å². The Balaban J connectivity index is 2.92. The van der Waals surface area contributed by atoms with Crippen molar-refractivity contribution >= 4 is 17.6 Å². The summed E-state index contributed by atoms with van der Waals surface area (Å²) in [6, 6.07) is 6.22. The molecule has 0 radical (unpaired) electrons. The maximum Gasteiger partial charge on any atom is 0.333 e. The molecule has 0 heterocycles. The average Bonchev–Trinajstić information content (AvgIpc) is 2.50. The summed E-state index contributed by atoms with van der Waals surface area (Å²) < 4.78 is 9.03. The van der Waals surface area contributed by atoms with Gasteiger partial charge in [-0.1, -0.05) is 18.2 Å². The first kappa shape index (κ1) is 16.4. The number of nitrogens with zero attached hydrogens (tertiary/aromatic N) is 1. The van der Waals surface area contributed by atoms with Crippen molar-refractivity contribution in [2.24, 2.45) is 0 Å². The van der Waals surface area contributed by atoms with E-state index in [1.807, 2.05) is 0 Å². The number of hydrogen-bond acceptors (Lipinski definition) is 6. The molecule has 0 fully saturated rings. The van der Waals surface area contributed by atoms with Crippen molar-refractivity contribution in [3.05, 3.63) is 51.6 Å². The number of carbonyl (C=O) groups is 2. The summed E-state index contributed by atoms with van der Waals surface area (Å²) in [6.45, 7) is 0. The molecule has 0 unspecified atom stereocenters. The Kier molecular flexibility index (Phi) is 6.06. The van der Waals surface area contributed by atoms with Crippen LogP contribution in [0.5, 0.6) is 0 Å². The fourth-order valence-electron chi connectivity index (χ4n) is 1.74. The molecule has 7 heteroatoms. The Morgan fingerprint density at radius 1 is 1.24 bits per heavy atom. The molecule has 112 valence electrons. The quantitative estimate of drug-likeness (QED) is 0.343. The van der Waals surface area contributed by atoms with Crippen molar-refractivity contribution in [1.82, 2.24) is 0 Å². The monoisotopic (exact) mass is 293 g/mol. The number of aryl methyl sites for hydroxylation is 1. The van der Waals surface area contributed by atoms with Crippen molar-refractivity contribution in [3.8, 4) is 0 Å². The largest absolute Gasteiger partial charge is 0.466 e. The first-order valence-corrected chi connectivity index (χ1v) is 6.08. The number of esters is 2. The molecule has 0 saturated carbocycles. The van der Waals surface area contributed by atoms with Crippen LogP contribution in [0.3, 0.4) is 0 Å². The lowest BCUT2D eigenvalue weighted by molar-refractivity contribution is -0.385. The number of methoxy groups -OCH3 is 2. The lowest BCUT2D eigenvalue weighted by Crippen LogP contribution is -2.09. The van der Waals surface area contributed by atoms with E-state index >= 15 is 0 Å². The average molecular weight is 293 g/mol. The van der Waals surface area contributed by atoms with Crippen LogP contribution in [0.4, 0.5) is 5.69 Å². The minimum absolute atomic E-state index is 0.0280. The van der Waals surface area contributed by atoms with E-state index in [1.54, 1.807) is 18.2 Å². The van der Waals surface area contributed by atoms with Gasteiger partial charge in [-0.15, -0.1) is 0 Å². The molecule has 0 N–H and O–H groups in total. The summed E-state index contributed by atoms with van der Waals surface area (Å²) in [4.78, 5) is 33.2. The first-order valence-electron chi connectivity index (χ1n) is 6.08. The normalized spacial score (nSPS) is 10.9. The van der Waals surface area contributed by atoms with Gasteiger partial charge < -0.3 is 9.47 Å². The molecule has 0 atom stereocenters. The lowest BCUT2D eigenvalue weighted by atomic mass is 10.0. The van der Waals surface area contributed by atoms with Gasteiger partial charge in [-0.05, 0) is 12.8 Å². The van der Waals surface area contributed by atoms with Gasteiger partial charge in [0, 0.05) is 23.3 Å². The van der Waals surface area contributed by atoms with Gasteiger partial charge >= 0.3 is 11.9 Å². The topological polar surface area (TPSA) is 95.7 Å². The van der Waals surface area contributed by atoms with Crippen LogP contribution in [-0.2, 0) is 25.5 Å². The fourth-order valence-corrected chi connectivity index (χ4v) is 1.74. The highest BCUT2D eigenvalue weighted by molar-refractivity contribution is 5.96. The molecular weight excluding hydrogens is 278 g/mol. The van der Waals surface area contributed by atoms with Crippen molar-refractivity contribution in [3.63, 3.8) is 0 Å². The van der Waals surface area contributed by atoms with E-state index in [0.29, 0.717) is 5.56 Å². The molecule has 1 aromatic rings. The number of rotatable bonds is 6. The molecule has 0 amide bonds. The van der Waals surface area contributed by atoms with Crippen molar-refractivity contribution < 1.29 is 24.0 Å². The Morgan fingerprint density at radius 2 is 1.90 bits per heavy atom. The number of hydrogen-bond donors (Lipinski definition) is 0. The molecule has 21 heavy (non-hydrogen) atoms. The number of benzene rings is 1. The summed E-state index contributed by atoms with van der Waals surface area (Å²) in [5, 5.41) is 10.9. The Labute approximate surface area is 121 Å². The summed E-state index contributed by atoms with van der Waals surface area (Å²) in [7, 11) is 2.38. The summed E-state index contributed by atoms with van der Waals surface area (Å²) >= 11 is 0. The van der Waals surface area contributed by atoms with Crippen LogP contribution in [0.25, 0.3) is 0 Å². The third-order valence-corrected chi connectivity index (χ3v) is 2.79. The maximum atomic E-state index is 11.6. The molecule has 1 aromatic carbocycles. The molecule has 7 nitrogen and oxygen atoms in total. The van der Waals surface area contributed by atoms with Crippen LogP contribution in [0.1, 0.15) is 12.0 Å². The fraction of sp³-hybridized carbons (Fsp3) is 0.286. The molecule has 0 aromatic heterocycles. The van der Waals surface area contributed by atoms with E-state index in [1.165, 1.54) is 20.3 Å². The molecule has 1 rings (SSSR count). The van der Waals surface area contributed by atoms with E-state index in [4.69, 9.17) is 0 Å². The summed E-state index contributed by atoms with van der Waals surface area (Å²) in [5.41, 5.74) is 0.546.